The van der Waals surface area contributed by atoms with E-state index in [9.17, 15) is 5.11 Å². The Bertz CT molecular complexity index is 523. The van der Waals surface area contributed by atoms with E-state index in [1.807, 2.05) is 30.3 Å². The van der Waals surface area contributed by atoms with Gasteiger partial charge in [-0.3, -0.25) is 0 Å². The van der Waals surface area contributed by atoms with Crippen molar-refractivity contribution in [1.29, 1.82) is 0 Å². The van der Waals surface area contributed by atoms with Crippen LogP contribution in [0.1, 0.15) is 26.7 Å². The summed E-state index contributed by atoms with van der Waals surface area (Å²) in [7, 11) is 0. The highest BCUT2D eigenvalue weighted by Crippen LogP contribution is 2.21. The smallest absolute Gasteiger partial charge is 0.263 e. The Morgan fingerprint density at radius 3 is 2.70 bits per heavy atom. The first-order valence-electron chi connectivity index (χ1n) is 6.85. The molecule has 0 radical (unpaired) electrons. The number of hydrogen-bond acceptors (Lipinski definition) is 5. The molecular weight excluding hydrogens is 254 g/mol. The van der Waals surface area contributed by atoms with E-state index in [1.54, 1.807) is 0 Å². The summed E-state index contributed by atoms with van der Waals surface area (Å²) >= 11 is 0. The van der Waals surface area contributed by atoms with E-state index in [4.69, 9.17) is 4.52 Å². The van der Waals surface area contributed by atoms with Gasteiger partial charge in [-0.05, 0) is 35.5 Å². The first-order chi connectivity index (χ1) is 9.61. The third kappa shape index (κ3) is 4.06. The van der Waals surface area contributed by atoms with E-state index >= 15 is 0 Å². The summed E-state index contributed by atoms with van der Waals surface area (Å²) in [6.45, 7) is 5.06. The lowest BCUT2D eigenvalue weighted by Crippen LogP contribution is -2.18. The minimum atomic E-state index is -0.0336. The fourth-order valence-corrected chi connectivity index (χ4v) is 1.84. The van der Waals surface area contributed by atoms with Gasteiger partial charge in [-0.1, -0.05) is 32.0 Å². The molecule has 0 fully saturated rings. The van der Waals surface area contributed by atoms with Crippen LogP contribution >= 0.6 is 0 Å². The van der Waals surface area contributed by atoms with Gasteiger partial charge in [0.1, 0.15) is 0 Å². The molecule has 0 unspecified atom stereocenters. The van der Waals surface area contributed by atoms with Crippen LogP contribution in [0.2, 0.25) is 0 Å². The Labute approximate surface area is 119 Å². The molecule has 0 aliphatic rings. The maximum atomic E-state index is 9.18. The number of nitrogens with zero attached hydrogens (tertiary/aromatic N) is 2. The van der Waals surface area contributed by atoms with Crippen LogP contribution in [-0.2, 0) is 0 Å². The van der Waals surface area contributed by atoms with E-state index in [-0.39, 0.29) is 12.0 Å². The predicted molar refractivity (Wildman–Crippen MR) is 78.3 cm³/mol. The number of hydrogen-bond donors (Lipinski definition) is 2. The topological polar surface area (TPSA) is 71.2 Å². The molecule has 108 valence electrons. The van der Waals surface area contributed by atoms with Gasteiger partial charge in [0.15, 0.2) is 0 Å². The maximum absolute atomic E-state index is 9.18. The predicted octanol–water partition coefficient (Wildman–Crippen LogP) is 2.95. The normalized spacial score (nSPS) is 11.6. The van der Waals surface area contributed by atoms with Crippen molar-refractivity contribution in [3.05, 3.63) is 30.3 Å². The van der Waals surface area contributed by atoms with Gasteiger partial charge in [-0.25, -0.2) is 0 Å². The molecule has 0 atom stereocenters. The van der Waals surface area contributed by atoms with Gasteiger partial charge >= 0.3 is 0 Å². The average molecular weight is 275 g/mol. The van der Waals surface area contributed by atoms with Crippen molar-refractivity contribution in [2.75, 3.05) is 18.5 Å². The van der Waals surface area contributed by atoms with Gasteiger partial charge in [0, 0.05) is 18.7 Å². The monoisotopic (exact) mass is 275 g/mol. The van der Waals surface area contributed by atoms with Gasteiger partial charge in [-0.2, -0.15) is 4.98 Å². The lowest BCUT2D eigenvalue weighted by Gasteiger charge is -2.20. The first kappa shape index (κ1) is 14.5. The number of aliphatic hydroxyl groups excluding tert-OH is 1. The molecular formula is C15H21N3O2. The van der Waals surface area contributed by atoms with Crippen molar-refractivity contribution in [1.82, 2.24) is 10.1 Å². The minimum absolute atomic E-state index is 0.0336. The van der Waals surface area contributed by atoms with E-state index < -0.39 is 0 Å². The molecule has 1 aromatic heterocycles. The van der Waals surface area contributed by atoms with E-state index in [0.29, 0.717) is 11.8 Å². The molecule has 0 spiro atoms. The molecule has 1 heterocycles. The van der Waals surface area contributed by atoms with Crippen LogP contribution in [0.3, 0.4) is 0 Å². The Kier molecular flexibility index (Phi) is 4.74. The zero-order chi connectivity index (χ0) is 14.4. The summed E-state index contributed by atoms with van der Waals surface area (Å²) in [5, 5.41) is 16.2. The second-order valence-electron chi connectivity index (χ2n) is 5.64. The Morgan fingerprint density at radius 1 is 1.25 bits per heavy atom. The van der Waals surface area contributed by atoms with Gasteiger partial charge in [0.2, 0.25) is 0 Å². The number of aromatic nitrogens is 2. The molecule has 0 bridgehead atoms. The number of aliphatic hydroxyl groups is 1. The van der Waals surface area contributed by atoms with Gasteiger partial charge in [-0.15, -0.1) is 0 Å². The van der Waals surface area contributed by atoms with Crippen LogP contribution in [0.25, 0.3) is 11.5 Å². The van der Waals surface area contributed by atoms with Gasteiger partial charge in [0.05, 0.1) is 0 Å². The summed E-state index contributed by atoms with van der Waals surface area (Å²) in [5.74, 6) is 1.02. The van der Waals surface area contributed by atoms with Crippen molar-refractivity contribution < 1.29 is 9.63 Å². The SMILES string of the molecule is CC(C)(CO)CCCNc1noc(-c2ccccc2)n1. The fraction of sp³-hybridized carbons (Fsp3) is 0.467. The standard InChI is InChI=1S/C15H21N3O2/c1-15(2,11-19)9-6-10-16-14-17-13(20-18-14)12-7-4-3-5-8-12/h3-5,7-8,19H,6,9-11H2,1-2H3,(H,16,18). The van der Waals surface area contributed by atoms with Crippen molar-refractivity contribution >= 4 is 5.95 Å². The van der Waals surface area contributed by atoms with E-state index in [1.165, 1.54) is 0 Å². The van der Waals surface area contributed by atoms with Crippen molar-refractivity contribution in [3.8, 4) is 11.5 Å². The molecule has 5 nitrogen and oxygen atoms in total. The van der Waals surface area contributed by atoms with Crippen molar-refractivity contribution in [2.24, 2.45) is 5.41 Å². The molecule has 20 heavy (non-hydrogen) atoms. The minimum Gasteiger partial charge on any atom is -0.396 e. The zero-order valence-electron chi connectivity index (χ0n) is 12.0. The van der Waals surface area contributed by atoms with Crippen LogP contribution in [0, 0.1) is 5.41 Å². The molecule has 0 saturated carbocycles. The second-order valence-corrected chi connectivity index (χ2v) is 5.64. The van der Waals surface area contributed by atoms with E-state index in [2.05, 4.69) is 29.3 Å². The molecule has 2 N–H and O–H groups in total. The average Bonchev–Trinajstić information content (AvgIpc) is 2.93. The number of benzene rings is 1. The highest BCUT2D eigenvalue weighted by atomic mass is 16.5. The molecule has 2 aromatic rings. The van der Waals surface area contributed by atoms with Crippen LogP contribution in [0.4, 0.5) is 5.95 Å². The first-order valence-corrected chi connectivity index (χ1v) is 6.85. The molecule has 0 aliphatic carbocycles. The summed E-state index contributed by atoms with van der Waals surface area (Å²) in [5.41, 5.74) is 0.878. The summed E-state index contributed by atoms with van der Waals surface area (Å²) < 4.78 is 5.21. The molecule has 0 saturated heterocycles. The van der Waals surface area contributed by atoms with Crippen LogP contribution in [0.15, 0.2) is 34.9 Å². The molecule has 0 aliphatic heterocycles. The quantitative estimate of drug-likeness (QED) is 0.760. The Balaban J connectivity index is 1.82. The Hall–Kier alpha value is -1.88. The second kappa shape index (κ2) is 6.52. The summed E-state index contributed by atoms with van der Waals surface area (Å²) in [4.78, 5) is 4.30. The lowest BCUT2D eigenvalue weighted by atomic mass is 9.89. The maximum Gasteiger partial charge on any atom is 0.263 e. The highest BCUT2D eigenvalue weighted by molar-refractivity contribution is 5.53. The molecule has 2 rings (SSSR count). The zero-order valence-corrected chi connectivity index (χ0v) is 12.0. The highest BCUT2D eigenvalue weighted by Gasteiger charge is 2.15. The van der Waals surface area contributed by atoms with Crippen LogP contribution in [0.5, 0.6) is 0 Å². The third-order valence-corrected chi connectivity index (χ3v) is 3.19. The number of nitrogens with one attached hydrogen (secondary N) is 1. The van der Waals surface area contributed by atoms with E-state index in [0.717, 1.165) is 24.9 Å². The largest absolute Gasteiger partial charge is 0.396 e. The molecule has 5 heteroatoms. The van der Waals surface area contributed by atoms with Crippen LogP contribution < -0.4 is 5.32 Å². The fourth-order valence-electron chi connectivity index (χ4n) is 1.84. The van der Waals surface area contributed by atoms with Crippen LogP contribution in [-0.4, -0.2) is 28.4 Å². The van der Waals surface area contributed by atoms with Gasteiger partial charge < -0.3 is 14.9 Å². The van der Waals surface area contributed by atoms with Crippen molar-refractivity contribution in [3.63, 3.8) is 0 Å². The Morgan fingerprint density at radius 2 is 2.00 bits per heavy atom. The summed E-state index contributed by atoms with van der Waals surface area (Å²) in [6, 6.07) is 9.68. The lowest BCUT2D eigenvalue weighted by molar-refractivity contribution is 0.149. The molecule has 1 aromatic carbocycles. The number of rotatable bonds is 7. The van der Waals surface area contributed by atoms with Gasteiger partial charge in [0.25, 0.3) is 11.8 Å². The van der Waals surface area contributed by atoms with Crippen molar-refractivity contribution in [2.45, 2.75) is 26.7 Å². The number of anilines is 1. The third-order valence-electron chi connectivity index (χ3n) is 3.19. The summed E-state index contributed by atoms with van der Waals surface area (Å²) in [6.07, 6.45) is 1.89. The molecule has 0 amide bonds.